The molecule has 1 aliphatic rings. The molecule has 1 aromatic rings. The summed E-state index contributed by atoms with van der Waals surface area (Å²) in [6, 6.07) is 3.82. The van der Waals surface area contributed by atoms with Crippen LogP contribution >= 0.6 is 0 Å². The van der Waals surface area contributed by atoms with Crippen LogP contribution in [0.3, 0.4) is 0 Å². The zero-order valence-corrected chi connectivity index (χ0v) is 12.7. The van der Waals surface area contributed by atoms with Crippen LogP contribution in [0.4, 0.5) is 5.69 Å². The Morgan fingerprint density at radius 3 is 2.40 bits per heavy atom. The number of Topliss-reactive ketones (excluding diaryl/α,β-unsaturated/α-hetero) is 1. The average Bonchev–Trinajstić information content (AvgIpc) is 2.52. The van der Waals surface area contributed by atoms with E-state index in [0.717, 1.165) is 16.8 Å². The first-order chi connectivity index (χ1) is 9.20. The van der Waals surface area contributed by atoms with E-state index in [1.54, 1.807) is 0 Å². The fourth-order valence-corrected chi connectivity index (χ4v) is 2.46. The number of aryl methyl sites for hydroxylation is 2. The third kappa shape index (κ3) is 2.75. The number of hydrogen-bond donors (Lipinski definition) is 0. The van der Waals surface area contributed by atoms with Crippen molar-refractivity contribution in [3.63, 3.8) is 0 Å². The Balaban J connectivity index is 2.25. The first-order valence-electron chi connectivity index (χ1n) is 6.82. The van der Waals surface area contributed by atoms with Crippen LogP contribution in [0.5, 0.6) is 0 Å². The van der Waals surface area contributed by atoms with Crippen LogP contribution in [0, 0.1) is 13.8 Å². The predicted octanol–water partition coefficient (Wildman–Crippen LogP) is 2.65. The lowest BCUT2D eigenvalue weighted by molar-refractivity contribution is -0.114. The maximum atomic E-state index is 12.1. The maximum absolute atomic E-state index is 12.1. The fourth-order valence-electron chi connectivity index (χ4n) is 2.46. The number of rotatable bonds is 3. The molecule has 4 heteroatoms. The van der Waals surface area contributed by atoms with E-state index in [1.165, 1.54) is 4.90 Å². The molecule has 20 heavy (non-hydrogen) atoms. The molecule has 4 nitrogen and oxygen atoms in total. The molecule has 0 saturated heterocycles. The molecule has 1 amide bonds. The monoisotopic (exact) mass is 275 g/mol. The third-order valence-corrected chi connectivity index (χ3v) is 3.27. The lowest BCUT2D eigenvalue weighted by Gasteiger charge is -2.23. The van der Waals surface area contributed by atoms with Gasteiger partial charge in [-0.2, -0.15) is 0 Å². The standard InChI is InChI=1S/C16H21NO3/c1-10-8-11(2)13-12(9-10)17(15(19)14(13)18)6-7-20-16(3,4)5/h8-9H,6-7H2,1-5H3. The molecule has 0 saturated carbocycles. The minimum atomic E-state index is -0.453. The highest BCUT2D eigenvalue weighted by molar-refractivity contribution is 6.52. The second-order valence-electron chi connectivity index (χ2n) is 6.22. The Bertz CT molecular complexity index is 570. The summed E-state index contributed by atoms with van der Waals surface area (Å²) < 4.78 is 5.65. The van der Waals surface area contributed by atoms with Gasteiger partial charge in [-0.05, 0) is 51.8 Å². The number of amides is 1. The number of fused-ring (bicyclic) bond motifs is 1. The van der Waals surface area contributed by atoms with Crippen LogP contribution in [0.1, 0.15) is 42.3 Å². The number of carbonyl (C=O) groups excluding carboxylic acids is 2. The van der Waals surface area contributed by atoms with Crippen molar-refractivity contribution >= 4 is 17.4 Å². The summed E-state index contributed by atoms with van der Waals surface area (Å²) in [5, 5.41) is 0. The summed E-state index contributed by atoms with van der Waals surface area (Å²) in [7, 11) is 0. The van der Waals surface area contributed by atoms with Crippen LogP contribution in [0.15, 0.2) is 12.1 Å². The van der Waals surface area contributed by atoms with E-state index in [9.17, 15) is 9.59 Å². The molecule has 0 atom stereocenters. The molecule has 0 radical (unpaired) electrons. The fraction of sp³-hybridized carbons (Fsp3) is 0.500. The second-order valence-corrected chi connectivity index (χ2v) is 6.22. The molecule has 1 aromatic carbocycles. The lowest BCUT2D eigenvalue weighted by atomic mass is 10.0. The SMILES string of the molecule is Cc1cc(C)c2c(c1)N(CCOC(C)(C)C)C(=O)C2=O. The van der Waals surface area contributed by atoms with Gasteiger partial charge in [-0.3, -0.25) is 9.59 Å². The van der Waals surface area contributed by atoms with Crippen molar-refractivity contribution in [1.82, 2.24) is 0 Å². The summed E-state index contributed by atoms with van der Waals surface area (Å²) in [6.45, 7) is 10.5. The molecule has 0 unspecified atom stereocenters. The van der Waals surface area contributed by atoms with Crippen LogP contribution in [-0.2, 0) is 9.53 Å². The maximum Gasteiger partial charge on any atom is 0.299 e. The van der Waals surface area contributed by atoms with Crippen LogP contribution < -0.4 is 4.90 Å². The van der Waals surface area contributed by atoms with E-state index in [4.69, 9.17) is 4.74 Å². The minimum Gasteiger partial charge on any atom is -0.374 e. The van der Waals surface area contributed by atoms with Gasteiger partial charge < -0.3 is 9.64 Å². The molecular formula is C16H21NO3. The lowest BCUT2D eigenvalue weighted by Crippen LogP contribution is -2.34. The zero-order chi connectivity index (χ0) is 15.1. The van der Waals surface area contributed by atoms with Crippen molar-refractivity contribution in [1.29, 1.82) is 0 Å². The van der Waals surface area contributed by atoms with Crippen molar-refractivity contribution in [2.45, 2.75) is 40.2 Å². The van der Waals surface area contributed by atoms with E-state index in [1.807, 2.05) is 46.8 Å². The number of nitrogens with zero attached hydrogens (tertiary/aromatic N) is 1. The van der Waals surface area contributed by atoms with Crippen LogP contribution in [0.25, 0.3) is 0 Å². The van der Waals surface area contributed by atoms with Gasteiger partial charge in [-0.15, -0.1) is 0 Å². The molecule has 0 spiro atoms. The normalized spacial score (nSPS) is 14.9. The Morgan fingerprint density at radius 1 is 1.15 bits per heavy atom. The molecule has 0 N–H and O–H groups in total. The van der Waals surface area contributed by atoms with E-state index >= 15 is 0 Å². The van der Waals surface area contributed by atoms with Gasteiger partial charge in [-0.1, -0.05) is 6.07 Å². The summed E-state index contributed by atoms with van der Waals surface area (Å²) in [4.78, 5) is 25.7. The summed E-state index contributed by atoms with van der Waals surface area (Å²) in [5.74, 6) is -0.862. The predicted molar refractivity (Wildman–Crippen MR) is 78.3 cm³/mol. The minimum absolute atomic E-state index is 0.252. The van der Waals surface area contributed by atoms with Crippen molar-refractivity contribution in [3.05, 3.63) is 28.8 Å². The van der Waals surface area contributed by atoms with E-state index < -0.39 is 11.7 Å². The first kappa shape index (κ1) is 14.7. The Hall–Kier alpha value is -1.68. The first-order valence-corrected chi connectivity index (χ1v) is 6.82. The molecular weight excluding hydrogens is 254 g/mol. The van der Waals surface area contributed by atoms with E-state index in [-0.39, 0.29) is 5.60 Å². The summed E-state index contributed by atoms with van der Waals surface area (Å²) in [6.07, 6.45) is 0. The van der Waals surface area contributed by atoms with Gasteiger partial charge in [0.15, 0.2) is 0 Å². The number of benzene rings is 1. The second kappa shape index (κ2) is 5.02. The highest BCUT2D eigenvalue weighted by Crippen LogP contribution is 2.32. The van der Waals surface area contributed by atoms with Gasteiger partial charge in [0.05, 0.1) is 23.5 Å². The summed E-state index contributed by atoms with van der Waals surface area (Å²) >= 11 is 0. The molecule has 0 aliphatic carbocycles. The summed E-state index contributed by atoms with van der Waals surface area (Å²) in [5.41, 5.74) is 2.91. The Labute approximate surface area is 119 Å². The highest BCUT2D eigenvalue weighted by Gasteiger charge is 2.37. The Morgan fingerprint density at radius 2 is 1.80 bits per heavy atom. The van der Waals surface area contributed by atoms with E-state index in [0.29, 0.717) is 18.7 Å². The van der Waals surface area contributed by atoms with Gasteiger partial charge in [-0.25, -0.2) is 0 Å². The van der Waals surface area contributed by atoms with Gasteiger partial charge >= 0.3 is 0 Å². The van der Waals surface area contributed by atoms with Gasteiger partial charge in [0, 0.05) is 6.54 Å². The molecule has 0 bridgehead atoms. The zero-order valence-electron chi connectivity index (χ0n) is 12.7. The molecule has 0 aromatic heterocycles. The van der Waals surface area contributed by atoms with Gasteiger partial charge in [0.2, 0.25) is 0 Å². The van der Waals surface area contributed by atoms with Crippen molar-refractivity contribution in [3.8, 4) is 0 Å². The molecule has 1 aliphatic heterocycles. The molecule has 2 rings (SSSR count). The number of anilines is 1. The van der Waals surface area contributed by atoms with Crippen molar-refractivity contribution in [2.75, 3.05) is 18.1 Å². The topological polar surface area (TPSA) is 46.6 Å². The molecule has 0 fully saturated rings. The molecule has 1 heterocycles. The number of ether oxygens (including phenoxy) is 1. The van der Waals surface area contributed by atoms with Crippen LogP contribution in [-0.4, -0.2) is 30.4 Å². The van der Waals surface area contributed by atoms with Gasteiger partial charge in [0.25, 0.3) is 11.7 Å². The Kier molecular flexibility index (Phi) is 3.69. The third-order valence-electron chi connectivity index (χ3n) is 3.27. The molecule has 108 valence electrons. The number of hydrogen-bond acceptors (Lipinski definition) is 3. The quantitative estimate of drug-likeness (QED) is 0.797. The van der Waals surface area contributed by atoms with Crippen molar-refractivity contribution < 1.29 is 14.3 Å². The van der Waals surface area contributed by atoms with E-state index in [2.05, 4.69) is 0 Å². The number of ketones is 1. The average molecular weight is 275 g/mol. The largest absolute Gasteiger partial charge is 0.374 e. The van der Waals surface area contributed by atoms with Crippen molar-refractivity contribution in [2.24, 2.45) is 0 Å². The van der Waals surface area contributed by atoms with Crippen LogP contribution in [0.2, 0.25) is 0 Å². The number of carbonyl (C=O) groups is 2. The highest BCUT2D eigenvalue weighted by atomic mass is 16.5. The smallest absolute Gasteiger partial charge is 0.299 e. The van der Waals surface area contributed by atoms with Gasteiger partial charge in [0.1, 0.15) is 0 Å².